The summed E-state index contributed by atoms with van der Waals surface area (Å²) in [5, 5.41) is 0. The molecule has 0 unspecified atom stereocenters. The molecule has 0 bridgehead atoms. The van der Waals surface area contributed by atoms with Crippen LogP contribution in [0.5, 0.6) is 0 Å². The SMILES string of the molecule is CCCCCCCCCCCCC1([NH])CCC1. The van der Waals surface area contributed by atoms with Gasteiger partial charge < -0.3 is 0 Å². The maximum absolute atomic E-state index is 8.07. The van der Waals surface area contributed by atoms with Gasteiger partial charge in [0, 0.05) is 5.54 Å². The van der Waals surface area contributed by atoms with Gasteiger partial charge in [-0.1, -0.05) is 71.1 Å². The Hall–Kier alpha value is -0.0400. The van der Waals surface area contributed by atoms with Crippen LogP contribution >= 0.6 is 0 Å². The van der Waals surface area contributed by atoms with Gasteiger partial charge in [-0.3, -0.25) is 5.73 Å². The van der Waals surface area contributed by atoms with Gasteiger partial charge >= 0.3 is 0 Å². The average Bonchev–Trinajstić information content (AvgIpc) is 2.29. The standard InChI is InChI=1S/C16H32N/c1-2-3-4-5-6-7-8-9-10-11-13-16(17)14-12-15-16/h17H,2-15H2,1H3. The van der Waals surface area contributed by atoms with Crippen molar-refractivity contribution in [2.24, 2.45) is 0 Å². The highest BCUT2D eigenvalue weighted by molar-refractivity contribution is 4.91. The van der Waals surface area contributed by atoms with Gasteiger partial charge in [-0.05, 0) is 25.7 Å². The maximum Gasteiger partial charge on any atom is 0.0324 e. The number of hydrogen-bond donors (Lipinski definition) is 0. The van der Waals surface area contributed by atoms with E-state index in [1.807, 2.05) is 0 Å². The Labute approximate surface area is 109 Å². The summed E-state index contributed by atoms with van der Waals surface area (Å²) in [6, 6.07) is 0. The van der Waals surface area contributed by atoms with Crippen molar-refractivity contribution in [2.45, 2.75) is 102 Å². The van der Waals surface area contributed by atoms with E-state index in [-0.39, 0.29) is 5.54 Å². The van der Waals surface area contributed by atoms with Crippen LogP contribution in [-0.4, -0.2) is 5.54 Å². The molecule has 1 radical (unpaired) electrons. The molecule has 1 N–H and O–H groups in total. The Morgan fingerprint density at radius 1 is 0.765 bits per heavy atom. The largest absolute Gasteiger partial charge is 0.251 e. The molecule has 1 nitrogen and oxygen atoms in total. The summed E-state index contributed by atoms with van der Waals surface area (Å²) >= 11 is 0. The van der Waals surface area contributed by atoms with Crippen molar-refractivity contribution >= 4 is 0 Å². The van der Waals surface area contributed by atoms with Crippen molar-refractivity contribution < 1.29 is 0 Å². The van der Waals surface area contributed by atoms with E-state index in [0.29, 0.717) is 0 Å². The molecule has 0 aromatic carbocycles. The van der Waals surface area contributed by atoms with E-state index in [4.69, 9.17) is 5.73 Å². The van der Waals surface area contributed by atoms with Gasteiger partial charge in [0.05, 0.1) is 0 Å². The average molecular weight is 238 g/mol. The van der Waals surface area contributed by atoms with Gasteiger partial charge in [0.1, 0.15) is 0 Å². The van der Waals surface area contributed by atoms with Crippen molar-refractivity contribution in [3.63, 3.8) is 0 Å². The van der Waals surface area contributed by atoms with Gasteiger partial charge in [0.2, 0.25) is 0 Å². The van der Waals surface area contributed by atoms with Crippen molar-refractivity contribution in [1.29, 1.82) is 0 Å². The molecular formula is C16H32N. The van der Waals surface area contributed by atoms with Gasteiger partial charge in [0.25, 0.3) is 0 Å². The van der Waals surface area contributed by atoms with Crippen molar-refractivity contribution in [2.75, 3.05) is 0 Å². The molecule has 0 saturated heterocycles. The summed E-state index contributed by atoms with van der Waals surface area (Å²) < 4.78 is 0. The fraction of sp³-hybridized carbons (Fsp3) is 1.00. The second kappa shape index (κ2) is 8.97. The van der Waals surface area contributed by atoms with Crippen LogP contribution in [0.2, 0.25) is 0 Å². The van der Waals surface area contributed by atoms with E-state index < -0.39 is 0 Å². The van der Waals surface area contributed by atoms with E-state index in [0.717, 1.165) is 0 Å². The second-order valence-corrected chi connectivity index (χ2v) is 6.07. The molecule has 1 heteroatoms. The second-order valence-electron chi connectivity index (χ2n) is 6.07. The fourth-order valence-electron chi connectivity index (χ4n) is 2.80. The first kappa shape index (κ1) is 15.0. The summed E-state index contributed by atoms with van der Waals surface area (Å²) in [5.41, 5.74) is 8.09. The van der Waals surface area contributed by atoms with Crippen molar-refractivity contribution in [3.05, 3.63) is 0 Å². The normalized spacial score (nSPS) is 18.0. The quantitative estimate of drug-likeness (QED) is 0.424. The van der Waals surface area contributed by atoms with Crippen LogP contribution in [0.25, 0.3) is 0 Å². The predicted octanol–water partition coefficient (Wildman–Crippen LogP) is 5.50. The third-order valence-electron chi connectivity index (χ3n) is 4.32. The van der Waals surface area contributed by atoms with Gasteiger partial charge in [-0.2, -0.15) is 0 Å². The molecule has 1 saturated carbocycles. The van der Waals surface area contributed by atoms with Gasteiger partial charge in [-0.15, -0.1) is 0 Å². The third kappa shape index (κ3) is 7.08. The highest BCUT2D eigenvalue weighted by atomic mass is 14.8. The molecule has 0 spiro atoms. The van der Waals surface area contributed by atoms with E-state index >= 15 is 0 Å². The summed E-state index contributed by atoms with van der Waals surface area (Å²) in [7, 11) is 0. The Morgan fingerprint density at radius 2 is 1.24 bits per heavy atom. The van der Waals surface area contributed by atoms with Crippen molar-refractivity contribution in [3.8, 4) is 0 Å². The Morgan fingerprint density at radius 3 is 1.65 bits per heavy atom. The lowest BCUT2D eigenvalue weighted by Crippen LogP contribution is -2.38. The minimum atomic E-state index is 0.0140. The van der Waals surface area contributed by atoms with Gasteiger partial charge in [0.15, 0.2) is 0 Å². The lowest BCUT2D eigenvalue weighted by molar-refractivity contribution is 0.214. The molecule has 0 aromatic rings. The molecule has 101 valence electrons. The minimum Gasteiger partial charge on any atom is -0.251 e. The molecule has 17 heavy (non-hydrogen) atoms. The molecule has 1 aliphatic rings. The summed E-state index contributed by atoms with van der Waals surface area (Å²) in [4.78, 5) is 0. The van der Waals surface area contributed by atoms with Crippen LogP contribution in [-0.2, 0) is 0 Å². The molecular weight excluding hydrogens is 206 g/mol. The Kier molecular flexibility index (Phi) is 7.92. The Balaban J connectivity index is 1.72. The predicted molar refractivity (Wildman–Crippen MR) is 76.1 cm³/mol. The molecule has 0 aromatic heterocycles. The Bertz CT molecular complexity index is 172. The lowest BCUT2D eigenvalue weighted by atomic mass is 9.74. The zero-order valence-corrected chi connectivity index (χ0v) is 11.9. The van der Waals surface area contributed by atoms with E-state index in [9.17, 15) is 0 Å². The molecule has 0 aliphatic heterocycles. The van der Waals surface area contributed by atoms with Crippen LogP contribution in [0.15, 0.2) is 0 Å². The van der Waals surface area contributed by atoms with E-state index in [1.165, 1.54) is 89.9 Å². The first-order valence-electron chi connectivity index (χ1n) is 8.02. The molecule has 1 aliphatic carbocycles. The van der Waals surface area contributed by atoms with E-state index in [2.05, 4.69) is 6.92 Å². The van der Waals surface area contributed by atoms with Crippen LogP contribution in [0.1, 0.15) is 96.8 Å². The summed E-state index contributed by atoms with van der Waals surface area (Å²) in [5.74, 6) is 0. The summed E-state index contributed by atoms with van der Waals surface area (Å²) in [6.45, 7) is 2.28. The fourth-order valence-corrected chi connectivity index (χ4v) is 2.80. The third-order valence-corrected chi connectivity index (χ3v) is 4.32. The molecule has 1 fully saturated rings. The first-order chi connectivity index (χ1) is 8.27. The highest BCUT2D eigenvalue weighted by Crippen LogP contribution is 2.35. The van der Waals surface area contributed by atoms with Crippen LogP contribution < -0.4 is 5.73 Å². The van der Waals surface area contributed by atoms with Gasteiger partial charge in [-0.25, -0.2) is 0 Å². The van der Waals surface area contributed by atoms with Crippen LogP contribution in [0.3, 0.4) is 0 Å². The van der Waals surface area contributed by atoms with E-state index in [1.54, 1.807) is 0 Å². The van der Waals surface area contributed by atoms with Crippen LogP contribution in [0, 0.1) is 0 Å². The molecule has 0 heterocycles. The minimum absolute atomic E-state index is 0.0140. The number of unbranched alkanes of at least 4 members (excludes halogenated alkanes) is 9. The zero-order chi connectivity index (χ0) is 12.4. The number of rotatable bonds is 11. The monoisotopic (exact) mass is 238 g/mol. The zero-order valence-electron chi connectivity index (χ0n) is 11.9. The highest BCUT2D eigenvalue weighted by Gasteiger charge is 2.32. The molecule has 0 atom stereocenters. The smallest absolute Gasteiger partial charge is 0.0324 e. The molecule has 0 amide bonds. The lowest BCUT2D eigenvalue weighted by Gasteiger charge is -2.37. The maximum atomic E-state index is 8.07. The summed E-state index contributed by atoms with van der Waals surface area (Å²) in [6.07, 6.45) is 18.9. The van der Waals surface area contributed by atoms with Crippen LogP contribution in [0.4, 0.5) is 0 Å². The first-order valence-corrected chi connectivity index (χ1v) is 8.02. The van der Waals surface area contributed by atoms with Crippen molar-refractivity contribution in [1.82, 2.24) is 5.73 Å². The number of nitrogens with one attached hydrogen (secondary N) is 1. The number of hydrogen-bond acceptors (Lipinski definition) is 0. The molecule has 1 rings (SSSR count). The topological polar surface area (TPSA) is 23.8 Å².